The summed E-state index contributed by atoms with van der Waals surface area (Å²) >= 11 is 16.6. The molecule has 0 aromatic carbocycles. The quantitative estimate of drug-likeness (QED) is 0.593. The van der Waals surface area contributed by atoms with Crippen molar-refractivity contribution in [3.05, 3.63) is 23.3 Å². The van der Waals surface area contributed by atoms with E-state index < -0.39 is 9.90 Å². The molecule has 0 aliphatic carbocycles. The maximum atomic E-state index is 9.48. The second kappa shape index (κ2) is 6.80. The van der Waals surface area contributed by atoms with Crippen molar-refractivity contribution in [2.24, 2.45) is 0 Å². The molecule has 15 heavy (non-hydrogen) atoms. The number of aliphatic hydroxyl groups is 1. The van der Waals surface area contributed by atoms with Crippen LogP contribution in [0.1, 0.15) is 33.6 Å². The van der Waals surface area contributed by atoms with Crippen LogP contribution in [-0.2, 0) is 0 Å². The summed E-state index contributed by atoms with van der Waals surface area (Å²) in [6.07, 6.45) is 4.49. The minimum absolute atomic E-state index is 0.864. The second-order valence-electron chi connectivity index (χ2n) is 3.82. The molecule has 0 bridgehead atoms. The second-order valence-corrected chi connectivity index (χ2v) is 6.19. The Morgan fingerprint density at radius 2 is 1.80 bits per heavy atom. The van der Waals surface area contributed by atoms with E-state index in [2.05, 4.69) is 19.9 Å². The highest BCUT2D eigenvalue weighted by molar-refractivity contribution is 6.68. The van der Waals surface area contributed by atoms with Crippen LogP contribution in [0, 0.1) is 0 Å². The molecule has 0 heterocycles. The molecule has 0 saturated carbocycles. The van der Waals surface area contributed by atoms with Crippen LogP contribution in [0.25, 0.3) is 0 Å². The highest BCUT2D eigenvalue weighted by Crippen LogP contribution is 2.31. The van der Waals surface area contributed by atoms with Gasteiger partial charge in [-0.15, -0.1) is 0 Å². The van der Waals surface area contributed by atoms with Crippen LogP contribution < -0.4 is 0 Å². The lowest BCUT2D eigenvalue weighted by atomic mass is 10.1. The molecule has 1 atom stereocenters. The Kier molecular flexibility index (Phi) is 6.94. The standard InChI is InChI=1S/C11H17Cl3O/c1-8(2)5-4-6-9(3)7-10(15)11(12,13)14/h5,7,10,15H,4,6H2,1-3H3. The van der Waals surface area contributed by atoms with Crippen molar-refractivity contribution >= 4 is 34.8 Å². The predicted octanol–water partition coefficient (Wildman–Crippen LogP) is 4.41. The Morgan fingerprint density at radius 3 is 2.20 bits per heavy atom. The molecule has 0 saturated heterocycles. The zero-order chi connectivity index (χ0) is 12.1. The number of allylic oxidation sites excluding steroid dienone is 3. The van der Waals surface area contributed by atoms with Gasteiger partial charge in [-0.3, -0.25) is 0 Å². The number of halogens is 3. The van der Waals surface area contributed by atoms with Gasteiger partial charge in [0.1, 0.15) is 6.10 Å². The lowest BCUT2D eigenvalue weighted by molar-refractivity contribution is 0.226. The van der Waals surface area contributed by atoms with Crippen LogP contribution in [0.4, 0.5) is 0 Å². The molecule has 0 radical (unpaired) electrons. The first-order chi connectivity index (χ1) is 6.73. The maximum absolute atomic E-state index is 9.48. The van der Waals surface area contributed by atoms with Crippen LogP contribution in [-0.4, -0.2) is 15.0 Å². The van der Waals surface area contributed by atoms with Crippen molar-refractivity contribution < 1.29 is 5.11 Å². The fraction of sp³-hybridized carbons (Fsp3) is 0.636. The lowest BCUT2D eigenvalue weighted by Crippen LogP contribution is -2.22. The molecule has 0 aliphatic rings. The molecular formula is C11H17Cl3O. The number of alkyl halides is 3. The van der Waals surface area contributed by atoms with Crippen molar-refractivity contribution in [1.82, 2.24) is 0 Å². The van der Waals surface area contributed by atoms with E-state index in [1.54, 1.807) is 6.08 Å². The molecule has 0 spiro atoms. The third-order valence-electron chi connectivity index (χ3n) is 1.87. The number of rotatable bonds is 4. The molecular weight excluding hydrogens is 254 g/mol. The van der Waals surface area contributed by atoms with E-state index in [1.165, 1.54) is 5.57 Å². The summed E-state index contributed by atoms with van der Waals surface area (Å²) in [4.78, 5) is 0. The molecule has 88 valence electrons. The van der Waals surface area contributed by atoms with E-state index in [0.29, 0.717) is 0 Å². The molecule has 0 aromatic rings. The summed E-state index contributed by atoms with van der Waals surface area (Å²) in [5, 5.41) is 9.48. The smallest absolute Gasteiger partial charge is 0.219 e. The van der Waals surface area contributed by atoms with Crippen LogP contribution >= 0.6 is 34.8 Å². The molecule has 4 heteroatoms. The van der Waals surface area contributed by atoms with E-state index in [-0.39, 0.29) is 0 Å². The Labute approximate surface area is 107 Å². The van der Waals surface area contributed by atoms with Gasteiger partial charge in [-0.2, -0.15) is 0 Å². The Bertz CT molecular complexity index is 247. The summed E-state index contributed by atoms with van der Waals surface area (Å²) < 4.78 is -1.64. The van der Waals surface area contributed by atoms with Crippen molar-refractivity contribution in [1.29, 1.82) is 0 Å². The third kappa shape index (κ3) is 8.15. The number of aliphatic hydroxyl groups excluding tert-OH is 1. The minimum atomic E-state index is -1.64. The normalized spacial score (nSPS) is 15.0. The topological polar surface area (TPSA) is 20.2 Å². The zero-order valence-corrected chi connectivity index (χ0v) is 11.5. The molecule has 1 N–H and O–H groups in total. The van der Waals surface area contributed by atoms with Gasteiger partial charge in [-0.1, -0.05) is 58.1 Å². The Balaban J connectivity index is 4.15. The average molecular weight is 272 g/mol. The largest absolute Gasteiger partial charge is 0.385 e. The van der Waals surface area contributed by atoms with Crippen molar-refractivity contribution in [3.63, 3.8) is 0 Å². The van der Waals surface area contributed by atoms with E-state index in [9.17, 15) is 5.11 Å². The first-order valence-electron chi connectivity index (χ1n) is 4.79. The SMILES string of the molecule is CC(C)=CCCC(C)=CC(O)C(Cl)(Cl)Cl. The van der Waals surface area contributed by atoms with E-state index in [0.717, 1.165) is 18.4 Å². The van der Waals surface area contributed by atoms with Gasteiger partial charge in [0.25, 0.3) is 0 Å². The van der Waals surface area contributed by atoms with E-state index in [4.69, 9.17) is 34.8 Å². The number of hydrogen-bond acceptors (Lipinski definition) is 1. The molecule has 0 aromatic heterocycles. The average Bonchev–Trinajstić information content (AvgIpc) is 2.01. The van der Waals surface area contributed by atoms with Gasteiger partial charge >= 0.3 is 0 Å². The summed E-state index contributed by atoms with van der Waals surface area (Å²) in [5.41, 5.74) is 2.30. The van der Waals surface area contributed by atoms with Gasteiger partial charge in [-0.25, -0.2) is 0 Å². The first-order valence-corrected chi connectivity index (χ1v) is 5.92. The fourth-order valence-electron chi connectivity index (χ4n) is 1.04. The van der Waals surface area contributed by atoms with Gasteiger partial charge in [0.05, 0.1) is 0 Å². The first kappa shape index (κ1) is 15.3. The summed E-state index contributed by atoms with van der Waals surface area (Å²) in [5.74, 6) is 0. The van der Waals surface area contributed by atoms with Gasteiger partial charge in [0.2, 0.25) is 3.79 Å². The maximum Gasteiger partial charge on any atom is 0.219 e. The third-order valence-corrected chi connectivity index (χ3v) is 2.54. The highest BCUT2D eigenvalue weighted by Gasteiger charge is 2.28. The molecule has 1 unspecified atom stereocenters. The van der Waals surface area contributed by atoms with Crippen LogP contribution in [0.3, 0.4) is 0 Å². The van der Waals surface area contributed by atoms with Crippen LogP contribution in [0.5, 0.6) is 0 Å². The van der Waals surface area contributed by atoms with Crippen LogP contribution in [0.15, 0.2) is 23.3 Å². The van der Waals surface area contributed by atoms with Gasteiger partial charge in [-0.05, 0) is 33.6 Å². The molecule has 0 rings (SSSR count). The molecule has 1 nitrogen and oxygen atoms in total. The summed E-state index contributed by atoms with van der Waals surface area (Å²) in [6, 6.07) is 0. The number of hydrogen-bond donors (Lipinski definition) is 1. The molecule has 0 fully saturated rings. The van der Waals surface area contributed by atoms with Crippen LogP contribution in [0.2, 0.25) is 0 Å². The monoisotopic (exact) mass is 270 g/mol. The Hall–Kier alpha value is 0.310. The zero-order valence-electron chi connectivity index (χ0n) is 9.23. The Morgan fingerprint density at radius 1 is 1.27 bits per heavy atom. The lowest BCUT2D eigenvalue weighted by Gasteiger charge is -2.16. The van der Waals surface area contributed by atoms with Crippen molar-refractivity contribution in [2.75, 3.05) is 0 Å². The summed E-state index contributed by atoms with van der Waals surface area (Å²) in [6.45, 7) is 6.02. The van der Waals surface area contributed by atoms with E-state index in [1.807, 2.05) is 6.92 Å². The highest BCUT2D eigenvalue weighted by atomic mass is 35.6. The van der Waals surface area contributed by atoms with Gasteiger partial charge in [0.15, 0.2) is 0 Å². The minimum Gasteiger partial charge on any atom is -0.385 e. The van der Waals surface area contributed by atoms with Crippen molar-refractivity contribution in [2.45, 2.75) is 43.5 Å². The fourth-order valence-corrected chi connectivity index (χ4v) is 1.22. The van der Waals surface area contributed by atoms with E-state index >= 15 is 0 Å². The molecule has 0 aliphatic heterocycles. The van der Waals surface area contributed by atoms with Gasteiger partial charge < -0.3 is 5.11 Å². The summed E-state index contributed by atoms with van der Waals surface area (Å²) in [7, 11) is 0. The van der Waals surface area contributed by atoms with Crippen molar-refractivity contribution in [3.8, 4) is 0 Å². The predicted molar refractivity (Wildman–Crippen MR) is 68.7 cm³/mol. The van der Waals surface area contributed by atoms with Gasteiger partial charge in [0, 0.05) is 0 Å². The molecule has 0 amide bonds.